The van der Waals surface area contributed by atoms with Crippen LogP contribution in [-0.2, 0) is 0 Å². The van der Waals surface area contributed by atoms with E-state index < -0.39 is 0 Å². The molecule has 3 N–H and O–H groups in total. The number of nitrogens with zero attached hydrogens (tertiary/aromatic N) is 5. The molecule has 0 radical (unpaired) electrons. The molecule has 0 bridgehead atoms. The standard InChI is InChI=1S/C19H23ClN8/c1-12-3-4-17(21-10-12)28-7-5-14(6-8-28)23-18-15(20)11-22-19(25-18)24-16-9-13(2)26-27-16/h3-4,9-11,14H,5-8H2,1-2H3,(H3,22,23,24,25,26,27). The number of piperidine rings is 1. The van der Waals surface area contributed by atoms with E-state index >= 15 is 0 Å². The number of aromatic nitrogens is 5. The second-order valence-electron chi connectivity index (χ2n) is 7.05. The highest BCUT2D eigenvalue weighted by molar-refractivity contribution is 6.32. The minimum atomic E-state index is 0.301. The van der Waals surface area contributed by atoms with Gasteiger partial charge >= 0.3 is 0 Å². The fraction of sp³-hybridized carbons (Fsp3) is 0.368. The fourth-order valence-corrected chi connectivity index (χ4v) is 3.36. The summed E-state index contributed by atoms with van der Waals surface area (Å²) in [5.41, 5.74) is 2.14. The highest BCUT2D eigenvalue weighted by Crippen LogP contribution is 2.25. The van der Waals surface area contributed by atoms with Gasteiger partial charge in [0.15, 0.2) is 11.6 Å². The first-order valence-electron chi connectivity index (χ1n) is 9.32. The van der Waals surface area contributed by atoms with Crippen molar-refractivity contribution in [1.29, 1.82) is 0 Å². The smallest absolute Gasteiger partial charge is 0.230 e. The third-order valence-electron chi connectivity index (χ3n) is 4.75. The van der Waals surface area contributed by atoms with Crippen LogP contribution in [0.1, 0.15) is 24.1 Å². The number of anilines is 4. The van der Waals surface area contributed by atoms with Crippen molar-refractivity contribution in [1.82, 2.24) is 25.1 Å². The molecule has 3 aromatic heterocycles. The maximum atomic E-state index is 6.30. The zero-order valence-corrected chi connectivity index (χ0v) is 16.7. The van der Waals surface area contributed by atoms with Gasteiger partial charge in [0.05, 0.1) is 6.20 Å². The predicted octanol–water partition coefficient (Wildman–Crippen LogP) is 3.69. The fourth-order valence-electron chi connectivity index (χ4n) is 3.22. The highest BCUT2D eigenvalue weighted by atomic mass is 35.5. The number of nitrogens with one attached hydrogen (secondary N) is 3. The summed E-state index contributed by atoms with van der Waals surface area (Å²) in [6, 6.07) is 6.37. The summed E-state index contributed by atoms with van der Waals surface area (Å²) in [7, 11) is 0. The van der Waals surface area contributed by atoms with Crippen molar-refractivity contribution in [2.45, 2.75) is 32.7 Å². The Balaban J connectivity index is 1.38. The van der Waals surface area contributed by atoms with Gasteiger partial charge in [-0.25, -0.2) is 9.97 Å². The van der Waals surface area contributed by atoms with Crippen LogP contribution in [0.15, 0.2) is 30.6 Å². The number of aromatic amines is 1. The van der Waals surface area contributed by atoms with Gasteiger partial charge in [-0.05, 0) is 38.3 Å². The molecule has 0 amide bonds. The summed E-state index contributed by atoms with van der Waals surface area (Å²) in [4.78, 5) is 15.6. The van der Waals surface area contributed by atoms with E-state index in [0.29, 0.717) is 28.6 Å². The molecule has 1 aliphatic heterocycles. The van der Waals surface area contributed by atoms with Gasteiger partial charge < -0.3 is 15.5 Å². The van der Waals surface area contributed by atoms with Gasteiger partial charge in [0.25, 0.3) is 0 Å². The third-order valence-corrected chi connectivity index (χ3v) is 5.02. The van der Waals surface area contributed by atoms with Crippen molar-refractivity contribution in [2.75, 3.05) is 28.6 Å². The first kappa shape index (κ1) is 18.5. The van der Waals surface area contributed by atoms with E-state index in [1.54, 1.807) is 6.20 Å². The molecule has 0 unspecified atom stereocenters. The Bertz CT molecular complexity index is 931. The van der Waals surface area contributed by atoms with Crippen molar-refractivity contribution in [3.05, 3.63) is 46.9 Å². The summed E-state index contributed by atoms with van der Waals surface area (Å²) >= 11 is 6.30. The lowest BCUT2D eigenvalue weighted by atomic mass is 10.0. The second-order valence-corrected chi connectivity index (χ2v) is 7.46. The van der Waals surface area contributed by atoms with Crippen LogP contribution in [0.3, 0.4) is 0 Å². The molecule has 4 heterocycles. The van der Waals surface area contributed by atoms with E-state index in [0.717, 1.165) is 37.4 Å². The molecule has 0 atom stereocenters. The lowest BCUT2D eigenvalue weighted by Gasteiger charge is -2.33. The SMILES string of the molecule is Cc1ccc(N2CCC(Nc3nc(Nc4cc(C)[nH]n4)ncc3Cl)CC2)nc1. The third kappa shape index (κ3) is 4.33. The maximum absolute atomic E-state index is 6.30. The number of hydrogen-bond acceptors (Lipinski definition) is 7. The first-order valence-corrected chi connectivity index (χ1v) is 9.70. The Morgan fingerprint density at radius 1 is 1.14 bits per heavy atom. The average Bonchev–Trinajstić information content (AvgIpc) is 3.10. The molecule has 3 aromatic rings. The number of hydrogen-bond donors (Lipinski definition) is 3. The second kappa shape index (κ2) is 8.02. The molecule has 1 fully saturated rings. The summed E-state index contributed by atoms with van der Waals surface area (Å²) in [5.74, 6) is 2.80. The quantitative estimate of drug-likeness (QED) is 0.603. The van der Waals surface area contributed by atoms with Crippen LogP contribution in [0, 0.1) is 13.8 Å². The van der Waals surface area contributed by atoms with E-state index in [1.807, 2.05) is 19.2 Å². The molecule has 146 valence electrons. The molecular weight excluding hydrogens is 376 g/mol. The minimum absolute atomic E-state index is 0.301. The van der Waals surface area contributed by atoms with Crippen LogP contribution in [0.25, 0.3) is 0 Å². The number of H-pyrrole nitrogens is 1. The number of aryl methyl sites for hydroxylation is 2. The Hall–Kier alpha value is -2.87. The van der Waals surface area contributed by atoms with Gasteiger partial charge in [-0.3, -0.25) is 5.10 Å². The molecule has 0 aromatic carbocycles. The van der Waals surface area contributed by atoms with Crippen molar-refractivity contribution in [3.8, 4) is 0 Å². The van der Waals surface area contributed by atoms with Crippen molar-refractivity contribution >= 4 is 35.0 Å². The van der Waals surface area contributed by atoms with E-state index in [9.17, 15) is 0 Å². The molecule has 0 spiro atoms. The number of halogens is 1. The van der Waals surface area contributed by atoms with Crippen LogP contribution in [0.4, 0.5) is 23.4 Å². The van der Waals surface area contributed by atoms with Crippen LogP contribution in [0.2, 0.25) is 5.02 Å². The molecule has 9 heteroatoms. The van der Waals surface area contributed by atoms with Crippen LogP contribution >= 0.6 is 11.6 Å². The maximum Gasteiger partial charge on any atom is 0.230 e. The van der Waals surface area contributed by atoms with Crippen molar-refractivity contribution in [2.24, 2.45) is 0 Å². The monoisotopic (exact) mass is 398 g/mol. The van der Waals surface area contributed by atoms with E-state index in [-0.39, 0.29) is 0 Å². The topological polar surface area (TPSA) is 94.7 Å². The van der Waals surface area contributed by atoms with Gasteiger partial charge in [0.1, 0.15) is 10.8 Å². The van der Waals surface area contributed by atoms with E-state index in [4.69, 9.17) is 11.6 Å². The molecule has 0 aliphatic carbocycles. The molecule has 0 saturated carbocycles. The molecule has 8 nitrogen and oxygen atoms in total. The zero-order chi connectivity index (χ0) is 19.5. The van der Waals surface area contributed by atoms with Crippen LogP contribution in [0.5, 0.6) is 0 Å². The van der Waals surface area contributed by atoms with Crippen molar-refractivity contribution in [3.63, 3.8) is 0 Å². The number of pyridine rings is 1. The van der Waals surface area contributed by atoms with Crippen LogP contribution in [-0.4, -0.2) is 44.3 Å². The summed E-state index contributed by atoms with van der Waals surface area (Å²) < 4.78 is 0. The molecular formula is C19H23ClN8. The van der Waals surface area contributed by atoms with Crippen LogP contribution < -0.4 is 15.5 Å². The summed E-state index contributed by atoms with van der Waals surface area (Å²) in [5, 5.41) is 14.1. The van der Waals surface area contributed by atoms with Gasteiger partial charge in [0.2, 0.25) is 5.95 Å². The molecule has 1 aliphatic rings. The normalized spacial score (nSPS) is 14.9. The Kier molecular flexibility index (Phi) is 5.29. The minimum Gasteiger partial charge on any atom is -0.366 e. The highest BCUT2D eigenvalue weighted by Gasteiger charge is 2.21. The van der Waals surface area contributed by atoms with E-state index in [1.165, 1.54) is 5.56 Å². The summed E-state index contributed by atoms with van der Waals surface area (Å²) in [6.45, 7) is 5.86. The zero-order valence-electron chi connectivity index (χ0n) is 15.9. The first-order chi connectivity index (χ1) is 13.6. The van der Waals surface area contributed by atoms with Gasteiger partial charge in [-0.1, -0.05) is 17.7 Å². The lowest BCUT2D eigenvalue weighted by Crippen LogP contribution is -2.39. The average molecular weight is 399 g/mol. The number of rotatable bonds is 5. The Labute approximate surface area is 168 Å². The largest absolute Gasteiger partial charge is 0.366 e. The lowest BCUT2D eigenvalue weighted by molar-refractivity contribution is 0.522. The van der Waals surface area contributed by atoms with E-state index in [2.05, 4.69) is 59.7 Å². The van der Waals surface area contributed by atoms with Gasteiger partial charge in [0, 0.05) is 37.1 Å². The van der Waals surface area contributed by atoms with Crippen molar-refractivity contribution < 1.29 is 0 Å². The Morgan fingerprint density at radius 2 is 1.96 bits per heavy atom. The van der Waals surface area contributed by atoms with Gasteiger partial charge in [-0.15, -0.1) is 0 Å². The summed E-state index contributed by atoms with van der Waals surface area (Å²) in [6.07, 6.45) is 5.48. The predicted molar refractivity (Wildman–Crippen MR) is 111 cm³/mol. The molecule has 4 rings (SSSR count). The molecule has 28 heavy (non-hydrogen) atoms. The Morgan fingerprint density at radius 3 is 2.64 bits per heavy atom. The van der Waals surface area contributed by atoms with Gasteiger partial charge in [-0.2, -0.15) is 10.1 Å². The molecule has 1 saturated heterocycles.